The van der Waals surface area contributed by atoms with Gasteiger partial charge in [-0.3, -0.25) is 9.59 Å². The molecular formula is C19H18N2O3. The Hall–Kier alpha value is -3.13. The van der Waals surface area contributed by atoms with Crippen molar-refractivity contribution in [3.05, 3.63) is 71.3 Å². The predicted octanol–water partition coefficient (Wildman–Crippen LogP) is 2.87. The van der Waals surface area contributed by atoms with Crippen molar-refractivity contribution in [1.29, 1.82) is 5.26 Å². The number of amides is 1. The number of nitriles is 1. The van der Waals surface area contributed by atoms with Gasteiger partial charge in [0.2, 0.25) is 5.91 Å². The van der Waals surface area contributed by atoms with Crippen LogP contribution < -0.4 is 5.32 Å². The molecule has 1 unspecified atom stereocenters. The van der Waals surface area contributed by atoms with Crippen molar-refractivity contribution in [3.63, 3.8) is 0 Å². The van der Waals surface area contributed by atoms with Crippen LogP contribution in [-0.2, 0) is 20.9 Å². The quantitative estimate of drug-likeness (QED) is 0.829. The molecule has 2 aromatic carbocycles. The summed E-state index contributed by atoms with van der Waals surface area (Å²) in [5.41, 5.74) is 1.97. The fraction of sp³-hybridized carbons (Fsp3) is 0.211. The van der Waals surface area contributed by atoms with Gasteiger partial charge in [0.1, 0.15) is 6.61 Å². The summed E-state index contributed by atoms with van der Waals surface area (Å²) in [6, 6.07) is 17.8. The lowest BCUT2D eigenvalue weighted by Gasteiger charge is -2.17. The van der Waals surface area contributed by atoms with Crippen LogP contribution in [0.15, 0.2) is 54.6 Å². The standard InChI is InChI=1S/C19H18N2O3/c1-14(22)21-18(15-7-3-2-4-8-15)11-19(23)24-13-17-10-6-5-9-16(17)12-20/h2-10,18H,11,13H2,1H3,(H,21,22). The molecule has 1 N–H and O–H groups in total. The number of carbonyl (C=O) groups excluding carboxylic acids is 2. The monoisotopic (exact) mass is 322 g/mol. The van der Waals surface area contributed by atoms with Crippen LogP contribution in [0, 0.1) is 11.3 Å². The van der Waals surface area contributed by atoms with Crippen molar-refractivity contribution in [1.82, 2.24) is 5.32 Å². The number of benzene rings is 2. The van der Waals surface area contributed by atoms with E-state index in [1.807, 2.05) is 30.3 Å². The summed E-state index contributed by atoms with van der Waals surface area (Å²) in [7, 11) is 0. The molecule has 2 aromatic rings. The number of nitrogens with zero attached hydrogens (tertiary/aromatic N) is 1. The lowest BCUT2D eigenvalue weighted by atomic mass is 10.0. The normalized spacial score (nSPS) is 11.2. The molecule has 0 fully saturated rings. The number of ether oxygens (including phenoxy) is 1. The van der Waals surface area contributed by atoms with Crippen molar-refractivity contribution in [2.24, 2.45) is 0 Å². The summed E-state index contributed by atoms with van der Waals surface area (Å²) >= 11 is 0. The predicted molar refractivity (Wildman–Crippen MR) is 88.6 cm³/mol. The third kappa shape index (κ3) is 4.96. The highest BCUT2D eigenvalue weighted by atomic mass is 16.5. The summed E-state index contributed by atoms with van der Waals surface area (Å²) < 4.78 is 5.26. The van der Waals surface area contributed by atoms with Gasteiger partial charge in [-0.2, -0.15) is 5.26 Å². The summed E-state index contributed by atoms with van der Waals surface area (Å²) in [4.78, 5) is 23.5. The Labute approximate surface area is 140 Å². The molecule has 0 radical (unpaired) electrons. The molecule has 24 heavy (non-hydrogen) atoms. The van der Waals surface area contributed by atoms with Gasteiger partial charge in [-0.1, -0.05) is 48.5 Å². The smallest absolute Gasteiger partial charge is 0.308 e. The van der Waals surface area contributed by atoms with E-state index in [0.29, 0.717) is 11.1 Å². The minimum absolute atomic E-state index is 0.0261. The number of hydrogen-bond acceptors (Lipinski definition) is 4. The molecule has 0 aliphatic heterocycles. The van der Waals surface area contributed by atoms with Crippen LogP contribution in [-0.4, -0.2) is 11.9 Å². The SMILES string of the molecule is CC(=O)NC(CC(=O)OCc1ccccc1C#N)c1ccccc1. The van der Waals surface area contributed by atoms with E-state index in [1.54, 1.807) is 24.3 Å². The number of rotatable bonds is 6. The maximum Gasteiger partial charge on any atom is 0.308 e. The van der Waals surface area contributed by atoms with Gasteiger partial charge in [-0.15, -0.1) is 0 Å². The van der Waals surface area contributed by atoms with Crippen LogP contribution in [0.2, 0.25) is 0 Å². The highest BCUT2D eigenvalue weighted by Gasteiger charge is 2.18. The van der Waals surface area contributed by atoms with Crippen LogP contribution in [0.4, 0.5) is 0 Å². The van der Waals surface area contributed by atoms with Gasteiger partial charge in [0.15, 0.2) is 0 Å². The molecule has 5 heteroatoms. The Bertz CT molecular complexity index is 751. The molecule has 1 atom stereocenters. The zero-order valence-corrected chi connectivity index (χ0v) is 13.4. The van der Waals surface area contributed by atoms with E-state index in [4.69, 9.17) is 10.00 Å². The van der Waals surface area contributed by atoms with Crippen molar-refractivity contribution in [2.75, 3.05) is 0 Å². The maximum absolute atomic E-state index is 12.1. The highest BCUT2D eigenvalue weighted by molar-refractivity contribution is 5.76. The molecule has 0 aliphatic rings. The van der Waals surface area contributed by atoms with Gasteiger partial charge in [-0.05, 0) is 11.6 Å². The highest BCUT2D eigenvalue weighted by Crippen LogP contribution is 2.18. The van der Waals surface area contributed by atoms with E-state index in [1.165, 1.54) is 6.92 Å². The molecule has 122 valence electrons. The number of nitrogens with one attached hydrogen (secondary N) is 1. The third-order valence-corrected chi connectivity index (χ3v) is 3.48. The Balaban J connectivity index is 2.00. The van der Waals surface area contributed by atoms with Crippen LogP contribution >= 0.6 is 0 Å². The van der Waals surface area contributed by atoms with E-state index < -0.39 is 12.0 Å². The lowest BCUT2D eigenvalue weighted by Crippen LogP contribution is -2.28. The van der Waals surface area contributed by atoms with Crippen molar-refractivity contribution < 1.29 is 14.3 Å². The molecule has 2 rings (SSSR count). The van der Waals surface area contributed by atoms with E-state index in [9.17, 15) is 9.59 Å². The number of hydrogen-bond donors (Lipinski definition) is 1. The van der Waals surface area contributed by atoms with Crippen molar-refractivity contribution in [3.8, 4) is 6.07 Å². The van der Waals surface area contributed by atoms with E-state index in [2.05, 4.69) is 11.4 Å². The first-order valence-corrected chi connectivity index (χ1v) is 7.56. The summed E-state index contributed by atoms with van der Waals surface area (Å²) in [6.07, 6.45) is 0.0261. The van der Waals surface area contributed by atoms with Gasteiger partial charge in [0, 0.05) is 12.5 Å². The molecule has 0 bridgehead atoms. The number of carbonyl (C=O) groups is 2. The summed E-state index contributed by atoms with van der Waals surface area (Å²) in [5.74, 6) is -0.656. The molecule has 0 aliphatic carbocycles. The topological polar surface area (TPSA) is 79.2 Å². The molecule has 1 amide bonds. The van der Waals surface area contributed by atoms with Gasteiger partial charge in [0.25, 0.3) is 0 Å². The molecular weight excluding hydrogens is 304 g/mol. The fourth-order valence-corrected chi connectivity index (χ4v) is 2.32. The second-order valence-corrected chi connectivity index (χ2v) is 5.30. The van der Waals surface area contributed by atoms with E-state index >= 15 is 0 Å². The minimum atomic E-state index is -0.442. The zero-order valence-electron chi connectivity index (χ0n) is 13.4. The fourth-order valence-electron chi connectivity index (χ4n) is 2.32. The lowest BCUT2D eigenvalue weighted by molar-refractivity contribution is -0.145. The van der Waals surface area contributed by atoms with Gasteiger partial charge < -0.3 is 10.1 Å². The van der Waals surface area contributed by atoms with E-state index in [0.717, 1.165) is 5.56 Å². The minimum Gasteiger partial charge on any atom is -0.461 e. The second-order valence-electron chi connectivity index (χ2n) is 5.30. The van der Waals surface area contributed by atoms with Crippen LogP contribution in [0.25, 0.3) is 0 Å². The van der Waals surface area contributed by atoms with Crippen LogP contribution in [0.3, 0.4) is 0 Å². The van der Waals surface area contributed by atoms with Crippen molar-refractivity contribution in [2.45, 2.75) is 26.0 Å². The van der Waals surface area contributed by atoms with Crippen LogP contribution in [0.5, 0.6) is 0 Å². The average molecular weight is 322 g/mol. The largest absolute Gasteiger partial charge is 0.461 e. The molecule has 0 spiro atoms. The average Bonchev–Trinajstić information content (AvgIpc) is 2.60. The second kappa shape index (κ2) is 8.49. The van der Waals surface area contributed by atoms with Crippen LogP contribution in [0.1, 0.15) is 36.1 Å². The maximum atomic E-state index is 12.1. The van der Waals surface area contributed by atoms with Gasteiger partial charge >= 0.3 is 5.97 Å². The van der Waals surface area contributed by atoms with E-state index in [-0.39, 0.29) is 18.9 Å². The Morgan fingerprint density at radius 2 is 1.79 bits per heavy atom. The first kappa shape index (κ1) is 17.2. The third-order valence-electron chi connectivity index (χ3n) is 3.48. The molecule has 0 saturated carbocycles. The zero-order chi connectivity index (χ0) is 17.4. The number of esters is 1. The Morgan fingerprint density at radius 3 is 2.46 bits per heavy atom. The Morgan fingerprint density at radius 1 is 1.12 bits per heavy atom. The van der Waals surface area contributed by atoms with Gasteiger partial charge in [0.05, 0.1) is 24.1 Å². The first-order valence-electron chi connectivity index (χ1n) is 7.56. The Kier molecular flexibility index (Phi) is 6.09. The summed E-state index contributed by atoms with van der Waals surface area (Å²) in [6.45, 7) is 1.44. The van der Waals surface area contributed by atoms with Crippen molar-refractivity contribution >= 4 is 11.9 Å². The molecule has 0 heterocycles. The molecule has 0 saturated heterocycles. The van der Waals surface area contributed by atoms with Gasteiger partial charge in [-0.25, -0.2) is 0 Å². The molecule has 5 nitrogen and oxygen atoms in total. The molecule has 0 aromatic heterocycles. The summed E-state index contributed by atoms with van der Waals surface area (Å²) in [5, 5.41) is 11.8. The first-order chi connectivity index (χ1) is 11.6.